The largest absolute Gasteiger partial charge is 0.369 e. The minimum atomic E-state index is -0.337. The van der Waals surface area contributed by atoms with Crippen LogP contribution in [0.4, 0.5) is 0 Å². The van der Waals surface area contributed by atoms with Crippen LogP contribution in [0, 0.1) is 19.8 Å². The van der Waals surface area contributed by atoms with Gasteiger partial charge in [-0.15, -0.1) is 11.8 Å². The molecule has 1 saturated heterocycles. The van der Waals surface area contributed by atoms with Gasteiger partial charge >= 0.3 is 0 Å². The number of primary amides is 1. The summed E-state index contributed by atoms with van der Waals surface area (Å²) in [7, 11) is 0. The van der Waals surface area contributed by atoms with Crippen LogP contribution in [0.15, 0.2) is 33.7 Å². The number of likely N-dealkylation sites (tertiary alicyclic amines) is 1. The summed E-state index contributed by atoms with van der Waals surface area (Å²) in [5.74, 6) is 0.862. The fourth-order valence-electron chi connectivity index (χ4n) is 2.97. The van der Waals surface area contributed by atoms with Crippen molar-refractivity contribution in [1.29, 1.82) is 0 Å². The minimum absolute atomic E-state index is 0.0504. The molecule has 2 N–H and O–H groups in total. The van der Waals surface area contributed by atoms with Gasteiger partial charge in [-0.05, 0) is 32.4 Å². The van der Waals surface area contributed by atoms with Crippen molar-refractivity contribution in [1.82, 2.24) is 10.1 Å². The number of amides is 2. The Balaban J connectivity index is 1.75. The number of rotatable bonds is 5. The molecule has 7 heteroatoms. The van der Waals surface area contributed by atoms with Crippen LogP contribution in [0.1, 0.15) is 33.8 Å². The summed E-state index contributed by atoms with van der Waals surface area (Å²) in [4.78, 5) is 26.8. The molecule has 2 aromatic rings. The second kappa shape index (κ2) is 7.31. The molecule has 0 radical (unpaired) electrons. The molecular weight excluding hydrogens is 338 g/mol. The van der Waals surface area contributed by atoms with E-state index in [0.29, 0.717) is 30.8 Å². The first kappa shape index (κ1) is 17.5. The van der Waals surface area contributed by atoms with Gasteiger partial charge in [0.05, 0.1) is 17.2 Å². The standard InChI is InChI=1S/C18H21N3O3S/c1-11-15(12(2)24-20-11)10-25-16-6-4-3-5-14(16)18(23)21-8-7-13(9-21)17(19)22/h3-6,13H,7-10H2,1-2H3,(H2,19,22)/t13-/m0/s1. The zero-order valence-electron chi connectivity index (χ0n) is 14.3. The molecule has 0 saturated carbocycles. The van der Waals surface area contributed by atoms with Crippen molar-refractivity contribution in [2.45, 2.75) is 30.9 Å². The highest BCUT2D eigenvalue weighted by molar-refractivity contribution is 7.98. The first-order valence-electron chi connectivity index (χ1n) is 8.19. The van der Waals surface area contributed by atoms with Gasteiger partial charge in [0.1, 0.15) is 5.76 Å². The van der Waals surface area contributed by atoms with E-state index >= 15 is 0 Å². The van der Waals surface area contributed by atoms with E-state index in [1.165, 1.54) is 0 Å². The van der Waals surface area contributed by atoms with E-state index in [-0.39, 0.29) is 17.7 Å². The molecule has 0 unspecified atom stereocenters. The van der Waals surface area contributed by atoms with Gasteiger partial charge in [0, 0.05) is 29.3 Å². The molecule has 0 bridgehead atoms. The molecule has 2 amide bonds. The maximum absolute atomic E-state index is 12.9. The Hall–Kier alpha value is -2.28. The number of hydrogen-bond acceptors (Lipinski definition) is 5. The normalized spacial score (nSPS) is 17.0. The van der Waals surface area contributed by atoms with E-state index < -0.39 is 0 Å². The summed E-state index contributed by atoms with van der Waals surface area (Å²) in [5.41, 5.74) is 7.95. The molecule has 25 heavy (non-hydrogen) atoms. The van der Waals surface area contributed by atoms with E-state index in [1.807, 2.05) is 38.1 Å². The topological polar surface area (TPSA) is 89.4 Å². The number of aryl methyl sites for hydroxylation is 2. The molecule has 1 atom stereocenters. The van der Waals surface area contributed by atoms with Gasteiger partial charge < -0.3 is 15.2 Å². The van der Waals surface area contributed by atoms with E-state index in [4.69, 9.17) is 10.3 Å². The third kappa shape index (κ3) is 3.71. The second-order valence-electron chi connectivity index (χ2n) is 6.23. The number of aromatic nitrogens is 1. The highest BCUT2D eigenvalue weighted by Gasteiger charge is 2.31. The van der Waals surface area contributed by atoms with E-state index in [9.17, 15) is 9.59 Å². The Morgan fingerprint density at radius 2 is 2.12 bits per heavy atom. The van der Waals surface area contributed by atoms with Crippen LogP contribution in [0.3, 0.4) is 0 Å². The van der Waals surface area contributed by atoms with Crippen molar-refractivity contribution >= 4 is 23.6 Å². The van der Waals surface area contributed by atoms with Crippen LogP contribution in [0.5, 0.6) is 0 Å². The van der Waals surface area contributed by atoms with E-state index in [2.05, 4.69) is 5.16 Å². The van der Waals surface area contributed by atoms with Gasteiger partial charge in [-0.2, -0.15) is 0 Å². The molecule has 1 aromatic carbocycles. The number of nitrogens with two attached hydrogens (primary N) is 1. The van der Waals surface area contributed by atoms with Gasteiger partial charge in [0.25, 0.3) is 5.91 Å². The first-order valence-corrected chi connectivity index (χ1v) is 9.18. The van der Waals surface area contributed by atoms with Crippen molar-refractivity contribution in [3.8, 4) is 0 Å². The fourth-order valence-corrected chi connectivity index (χ4v) is 4.17. The minimum Gasteiger partial charge on any atom is -0.369 e. The van der Waals surface area contributed by atoms with Crippen molar-refractivity contribution < 1.29 is 14.1 Å². The van der Waals surface area contributed by atoms with Crippen LogP contribution in [0.25, 0.3) is 0 Å². The molecule has 132 valence electrons. The lowest BCUT2D eigenvalue weighted by atomic mass is 10.1. The number of hydrogen-bond donors (Lipinski definition) is 1. The van der Waals surface area contributed by atoms with Crippen LogP contribution in [-0.4, -0.2) is 35.0 Å². The summed E-state index contributed by atoms with van der Waals surface area (Å²) >= 11 is 1.59. The Labute approximate surface area is 150 Å². The van der Waals surface area contributed by atoms with Crippen molar-refractivity contribution in [3.05, 3.63) is 46.8 Å². The quantitative estimate of drug-likeness (QED) is 0.829. The van der Waals surface area contributed by atoms with Crippen molar-refractivity contribution in [2.24, 2.45) is 11.7 Å². The molecule has 1 aliphatic heterocycles. The zero-order valence-corrected chi connectivity index (χ0v) is 15.1. The lowest BCUT2D eigenvalue weighted by molar-refractivity contribution is -0.121. The maximum atomic E-state index is 12.9. The van der Waals surface area contributed by atoms with Gasteiger partial charge in [-0.3, -0.25) is 9.59 Å². The summed E-state index contributed by atoms with van der Waals surface area (Å²) in [6, 6.07) is 7.55. The summed E-state index contributed by atoms with van der Waals surface area (Å²) in [6.07, 6.45) is 0.634. The molecule has 6 nitrogen and oxygen atoms in total. The van der Waals surface area contributed by atoms with Crippen LogP contribution in [0.2, 0.25) is 0 Å². The third-order valence-electron chi connectivity index (χ3n) is 4.55. The van der Waals surface area contributed by atoms with Gasteiger partial charge in [-0.1, -0.05) is 17.3 Å². The second-order valence-corrected chi connectivity index (χ2v) is 7.24. The number of benzene rings is 1. The number of nitrogens with zero attached hydrogens (tertiary/aromatic N) is 2. The lowest BCUT2D eigenvalue weighted by Gasteiger charge is -2.18. The molecule has 2 heterocycles. The summed E-state index contributed by atoms with van der Waals surface area (Å²) in [6.45, 7) is 4.77. The number of carbonyl (C=O) groups is 2. The zero-order chi connectivity index (χ0) is 18.0. The predicted molar refractivity (Wildman–Crippen MR) is 95.2 cm³/mol. The predicted octanol–water partition coefficient (Wildman–Crippen LogP) is 2.53. The Kier molecular flexibility index (Phi) is 5.13. The fraction of sp³-hybridized carbons (Fsp3) is 0.389. The van der Waals surface area contributed by atoms with Crippen LogP contribution >= 0.6 is 11.8 Å². The molecular formula is C18H21N3O3S. The molecule has 3 rings (SSSR count). The van der Waals surface area contributed by atoms with Crippen molar-refractivity contribution in [2.75, 3.05) is 13.1 Å². The Bertz CT molecular complexity index is 783. The van der Waals surface area contributed by atoms with Gasteiger partial charge in [0.2, 0.25) is 5.91 Å². The monoisotopic (exact) mass is 359 g/mol. The SMILES string of the molecule is Cc1noc(C)c1CSc1ccccc1C(=O)N1CC[C@H](C(N)=O)C1. The summed E-state index contributed by atoms with van der Waals surface area (Å²) in [5, 5.41) is 3.97. The lowest BCUT2D eigenvalue weighted by Crippen LogP contribution is -2.32. The Morgan fingerprint density at radius 1 is 1.36 bits per heavy atom. The third-order valence-corrected chi connectivity index (χ3v) is 5.65. The average Bonchev–Trinajstić information content (AvgIpc) is 3.21. The molecule has 1 fully saturated rings. The van der Waals surface area contributed by atoms with Crippen molar-refractivity contribution in [3.63, 3.8) is 0 Å². The Morgan fingerprint density at radius 3 is 2.76 bits per heavy atom. The van der Waals surface area contributed by atoms with Crippen LogP contribution < -0.4 is 5.73 Å². The highest BCUT2D eigenvalue weighted by atomic mass is 32.2. The van der Waals surface area contributed by atoms with Gasteiger partial charge in [0.15, 0.2) is 0 Å². The smallest absolute Gasteiger partial charge is 0.255 e. The molecule has 0 aliphatic carbocycles. The average molecular weight is 359 g/mol. The maximum Gasteiger partial charge on any atom is 0.255 e. The highest BCUT2D eigenvalue weighted by Crippen LogP contribution is 2.30. The number of carbonyl (C=O) groups excluding carboxylic acids is 2. The van der Waals surface area contributed by atoms with Crippen LogP contribution in [-0.2, 0) is 10.5 Å². The van der Waals surface area contributed by atoms with E-state index in [1.54, 1.807) is 16.7 Å². The molecule has 0 spiro atoms. The first-order chi connectivity index (χ1) is 12.0. The van der Waals surface area contributed by atoms with Gasteiger partial charge in [-0.25, -0.2) is 0 Å². The van der Waals surface area contributed by atoms with E-state index in [0.717, 1.165) is 21.9 Å². The summed E-state index contributed by atoms with van der Waals surface area (Å²) < 4.78 is 5.19. The molecule has 1 aliphatic rings. The molecule has 1 aromatic heterocycles. The number of thioether (sulfide) groups is 1.